The van der Waals surface area contributed by atoms with Crippen LogP contribution in [-0.2, 0) is 24.1 Å². The standard InChI is InChI=1S/C40H44N4O6/c1-2-4-27(45)19-29(47)20-28(46)9-6-24-7-13-37-38(17-24)50-40-25(5-3-16-49-37)8-12-36(48)31-10-11-32-30(14-15-42-39(32)41)33(31)18-26-21-43-35-23-44(40)22-34(26)35/h7,10-11,13,17,21-22,25,27,29,36,39-40,42,45,47-48H,2,4-6,9,14-15,18-20,23,41H2,1H3/p+1/t25-,27-,29+,36-,39+,40-/m0/s1. The van der Waals surface area contributed by atoms with Crippen LogP contribution in [0, 0.1) is 29.8 Å². The van der Waals surface area contributed by atoms with E-state index in [1.165, 1.54) is 5.56 Å². The molecule has 10 heteroatoms. The summed E-state index contributed by atoms with van der Waals surface area (Å²) in [6.45, 7) is 3.35. The molecule has 7 rings (SSSR count). The second kappa shape index (κ2) is 14.9. The molecular weight excluding hydrogens is 632 g/mol. The van der Waals surface area contributed by atoms with Crippen LogP contribution < -0.4 is 25.4 Å². The van der Waals surface area contributed by atoms with E-state index in [2.05, 4.69) is 35.4 Å². The lowest BCUT2D eigenvalue weighted by Crippen LogP contribution is -3.13. The molecule has 5 aliphatic rings. The smallest absolute Gasteiger partial charge is 0.251 e. The van der Waals surface area contributed by atoms with Crippen LogP contribution >= 0.6 is 0 Å². The molecule has 0 aromatic heterocycles. The zero-order valence-corrected chi connectivity index (χ0v) is 28.4. The highest BCUT2D eigenvalue weighted by Crippen LogP contribution is 2.36. The number of fused-ring (bicyclic) bond motifs is 7. The Morgan fingerprint density at radius 2 is 2.00 bits per heavy atom. The number of aliphatic hydroxyl groups excluding tert-OH is 3. The molecule has 7 atom stereocenters. The van der Waals surface area contributed by atoms with Crippen molar-refractivity contribution in [2.24, 2.45) is 16.6 Å². The normalized spacial score (nSPS) is 25.7. The first-order valence-corrected chi connectivity index (χ1v) is 17.8. The summed E-state index contributed by atoms with van der Waals surface area (Å²) in [4.78, 5) is 18.6. The molecule has 50 heavy (non-hydrogen) atoms. The van der Waals surface area contributed by atoms with Crippen molar-refractivity contribution >= 4 is 11.5 Å². The third kappa shape index (κ3) is 7.28. The average molecular weight is 678 g/mol. The van der Waals surface area contributed by atoms with Crippen molar-refractivity contribution in [2.45, 2.75) is 95.4 Å². The molecule has 0 amide bonds. The lowest BCUT2D eigenvalue weighted by Gasteiger charge is -2.29. The number of aliphatic hydroxyl groups is 3. The Kier molecular flexibility index (Phi) is 10.2. The Labute approximate surface area is 293 Å². The predicted molar refractivity (Wildman–Crippen MR) is 188 cm³/mol. The number of carbonyl (C=O) groups is 1. The van der Waals surface area contributed by atoms with Gasteiger partial charge in [-0.2, -0.15) is 0 Å². The summed E-state index contributed by atoms with van der Waals surface area (Å²) in [5, 5.41) is 35.2. The molecule has 1 unspecified atom stereocenters. The van der Waals surface area contributed by atoms with E-state index in [0.29, 0.717) is 43.7 Å². The highest BCUT2D eigenvalue weighted by Gasteiger charge is 2.40. The number of hydrogen-bond donors (Lipinski definition) is 6. The molecule has 0 saturated carbocycles. The summed E-state index contributed by atoms with van der Waals surface area (Å²) in [5.74, 6) is 10.2. The monoisotopic (exact) mass is 677 g/mol. The Balaban J connectivity index is 1.16. The van der Waals surface area contributed by atoms with Gasteiger partial charge in [-0.15, -0.1) is 0 Å². The van der Waals surface area contributed by atoms with E-state index in [4.69, 9.17) is 20.2 Å². The number of hydrogen-bond acceptors (Lipinski definition) is 9. The molecule has 0 aliphatic carbocycles. The lowest BCUT2D eigenvalue weighted by molar-refractivity contribution is -0.886. The van der Waals surface area contributed by atoms with Crippen molar-refractivity contribution in [3.8, 4) is 35.4 Å². The number of allylic oxidation sites excluding steroid dienone is 1. The highest BCUT2D eigenvalue weighted by atomic mass is 16.5. The minimum Gasteiger partial charge on any atom is -0.437 e. The van der Waals surface area contributed by atoms with E-state index in [0.717, 1.165) is 63.4 Å². The van der Waals surface area contributed by atoms with Gasteiger partial charge in [-0.25, -0.2) is 0 Å². The number of ketones is 1. The maximum atomic E-state index is 12.7. The molecule has 5 aliphatic heterocycles. The maximum absolute atomic E-state index is 12.7. The predicted octanol–water partition coefficient (Wildman–Crippen LogP) is 2.07. The van der Waals surface area contributed by atoms with Crippen LogP contribution in [0.15, 0.2) is 58.9 Å². The average Bonchev–Trinajstić information content (AvgIpc) is 3.69. The van der Waals surface area contributed by atoms with E-state index in [-0.39, 0.29) is 37.1 Å². The highest BCUT2D eigenvalue weighted by molar-refractivity contribution is 6.08. The largest absolute Gasteiger partial charge is 0.437 e. The van der Waals surface area contributed by atoms with Gasteiger partial charge in [-0.3, -0.25) is 20.0 Å². The Morgan fingerprint density at radius 3 is 2.86 bits per heavy atom. The quantitative estimate of drug-likeness (QED) is 0.221. The maximum Gasteiger partial charge on any atom is 0.251 e. The topological polar surface area (TPSA) is 151 Å². The number of quaternary nitrogens is 1. The number of Topliss-reactive ketones (excluding diaryl/α,β-unsaturated/α-hetero) is 1. The molecule has 2 bridgehead atoms. The zero-order valence-electron chi connectivity index (χ0n) is 28.4. The van der Waals surface area contributed by atoms with Gasteiger partial charge in [0, 0.05) is 38.4 Å². The van der Waals surface area contributed by atoms with E-state index < -0.39 is 24.5 Å². The molecule has 2 aromatic rings. The van der Waals surface area contributed by atoms with E-state index in [1.807, 2.05) is 37.4 Å². The number of aryl methyl sites for hydroxylation is 1. The Morgan fingerprint density at radius 1 is 1.14 bits per heavy atom. The van der Waals surface area contributed by atoms with Gasteiger partial charge in [0.25, 0.3) is 6.23 Å². The third-order valence-corrected chi connectivity index (χ3v) is 10.2. The number of benzene rings is 2. The van der Waals surface area contributed by atoms with Crippen molar-refractivity contribution in [3.05, 3.63) is 81.7 Å². The fourth-order valence-electron chi connectivity index (χ4n) is 7.66. The van der Waals surface area contributed by atoms with E-state index >= 15 is 0 Å². The summed E-state index contributed by atoms with van der Waals surface area (Å²) in [7, 11) is 0. The first kappa shape index (κ1) is 34.2. The molecule has 0 fully saturated rings. The third-order valence-electron chi connectivity index (χ3n) is 10.2. The Bertz CT molecular complexity index is 1880. The second-order valence-corrected chi connectivity index (χ2v) is 13.9. The van der Waals surface area contributed by atoms with Crippen LogP contribution in [0.3, 0.4) is 0 Å². The van der Waals surface area contributed by atoms with Crippen molar-refractivity contribution < 1.29 is 34.5 Å². The van der Waals surface area contributed by atoms with Gasteiger partial charge in [0.1, 0.15) is 42.4 Å². The zero-order chi connectivity index (χ0) is 34.8. The number of nitrogens with zero attached hydrogens (tertiary/aromatic N) is 1. The number of nitrogens with two attached hydrogens (primary N) is 1. The van der Waals surface area contributed by atoms with Crippen molar-refractivity contribution in [1.29, 1.82) is 0 Å². The first-order valence-electron chi connectivity index (χ1n) is 17.8. The van der Waals surface area contributed by atoms with Gasteiger partial charge in [0.05, 0.1) is 23.9 Å². The number of carbonyl (C=O) groups excluding carboxylic acids is 1. The van der Waals surface area contributed by atoms with Crippen LogP contribution in [0.5, 0.6) is 11.5 Å². The van der Waals surface area contributed by atoms with Crippen molar-refractivity contribution in [3.63, 3.8) is 0 Å². The molecule has 260 valence electrons. The molecule has 7 N–H and O–H groups in total. The lowest BCUT2D eigenvalue weighted by atomic mass is 9.84. The Hall–Kier alpha value is -4.26. The summed E-state index contributed by atoms with van der Waals surface area (Å²) in [6.07, 6.45) is 7.89. The molecule has 2 aromatic carbocycles. The molecule has 10 nitrogen and oxygen atoms in total. The van der Waals surface area contributed by atoms with Gasteiger partial charge in [-0.1, -0.05) is 49.3 Å². The SMILES string of the molecule is CCC[C@H](O)C[C@@H](O)CC(=O)CCc1ccc2c(c1)O[C@H]1[C@H](C#C[C@H](O)c3ccc4c(c3CC3=CN=C5C[NH+]1C=C35)CCN[C@H]4N)CC#CO2. The van der Waals surface area contributed by atoms with Crippen LogP contribution in [0.2, 0.25) is 0 Å². The van der Waals surface area contributed by atoms with Gasteiger partial charge in [0.15, 0.2) is 11.5 Å². The van der Waals surface area contributed by atoms with Gasteiger partial charge >= 0.3 is 0 Å². The molecular formula is C40H45N4O6+. The van der Waals surface area contributed by atoms with E-state index in [9.17, 15) is 20.1 Å². The fraction of sp³-hybridized carbons (Fsp3) is 0.450. The van der Waals surface area contributed by atoms with Crippen molar-refractivity contribution in [1.82, 2.24) is 5.32 Å². The van der Waals surface area contributed by atoms with Crippen molar-refractivity contribution in [2.75, 3.05) is 13.1 Å². The van der Waals surface area contributed by atoms with Gasteiger partial charge in [-0.05, 0) is 71.2 Å². The number of ether oxygens (including phenoxy) is 2. The molecule has 5 heterocycles. The number of aliphatic imine (C=N–C) groups is 1. The van der Waals surface area contributed by atoms with Crippen LogP contribution in [-0.4, -0.2) is 58.3 Å². The van der Waals surface area contributed by atoms with Crippen LogP contribution in [0.1, 0.15) is 85.5 Å². The van der Waals surface area contributed by atoms with E-state index in [1.54, 1.807) is 6.07 Å². The fourth-order valence-corrected chi connectivity index (χ4v) is 7.66. The molecule has 0 radical (unpaired) electrons. The molecule has 0 spiro atoms. The second-order valence-electron chi connectivity index (χ2n) is 13.9. The first-order chi connectivity index (χ1) is 24.3. The summed E-state index contributed by atoms with van der Waals surface area (Å²) in [5.41, 5.74) is 14.6. The van der Waals surface area contributed by atoms with Crippen LogP contribution in [0.4, 0.5) is 0 Å². The summed E-state index contributed by atoms with van der Waals surface area (Å²) in [6, 6.07) is 9.54. The number of nitrogens with one attached hydrogen (secondary N) is 2. The summed E-state index contributed by atoms with van der Waals surface area (Å²) < 4.78 is 12.6. The minimum absolute atomic E-state index is 0.0141. The number of rotatable bonds is 9. The van der Waals surface area contributed by atoms with Gasteiger partial charge < -0.3 is 30.5 Å². The minimum atomic E-state index is -1.01. The molecule has 0 saturated heterocycles. The van der Waals surface area contributed by atoms with Gasteiger partial charge in [0.2, 0.25) is 0 Å². The van der Waals surface area contributed by atoms with Crippen LogP contribution in [0.25, 0.3) is 0 Å². The summed E-state index contributed by atoms with van der Waals surface area (Å²) >= 11 is 0.